The zero-order valence-electron chi connectivity index (χ0n) is 17.8. The summed E-state index contributed by atoms with van der Waals surface area (Å²) in [5.41, 5.74) is 2.03. The molecule has 1 fully saturated rings. The molecule has 3 heterocycles. The number of nitrogens with zero attached hydrogens (tertiary/aromatic N) is 6. The molecule has 162 valence electrons. The summed E-state index contributed by atoms with van der Waals surface area (Å²) in [6.07, 6.45) is 3.69. The number of aromatic nitrogens is 6. The molecule has 1 atom stereocenters. The second kappa shape index (κ2) is 8.29. The molecule has 1 N–H and O–H groups in total. The first-order valence-corrected chi connectivity index (χ1v) is 10.3. The molecular weight excluding hydrogens is 398 g/mol. The zero-order chi connectivity index (χ0) is 22.1. The fraction of sp³-hybridized carbons (Fsp3) is 0.429. The van der Waals surface area contributed by atoms with E-state index in [0.29, 0.717) is 18.3 Å². The van der Waals surface area contributed by atoms with E-state index in [2.05, 4.69) is 20.5 Å². The van der Waals surface area contributed by atoms with E-state index >= 15 is 0 Å². The molecule has 1 aliphatic rings. The second-order valence-corrected chi connectivity index (χ2v) is 7.90. The Morgan fingerprint density at radius 2 is 1.94 bits per heavy atom. The van der Waals surface area contributed by atoms with E-state index in [4.69, 9.17) is 0 Å². The van der Waals surface area contributed by atoms with Crippen LogP contribution in [0.2, 0.25) is 0 Å². The Labute approximate surface area is 178 Å². The van der Waals surface area contributed by atoms with Crippen LogP contribution in [-0.2, 0) is 11.3 Å². The van der Waals surface area contributed by atoms with Gasteiger partial charge in [0.2, 0.25) is 5.91 Å². The van der Waals surface area contributed by atoms with Crippen molar-refractivity contribution in [2.45, 2.75) is 52.1 Å². The van der Waals surface area contributed by atoms with Crippen LogP contribution in [0.1, 0.15) is 48.8 Å². The van der Waals surface area contributed by atoms with Gasteiger partial charge >= 0.3 is 0 Å². The summed E-state index contributed by atoms with van der Waals surface area (Å²) < 4.78 is 4.23. The molecule has 0 bridgehead atoms. The third-order valence-corrected chi connectivity index (χ3v) is 5.33. The van der Waals surface area contributed by atoms with Crippen molar-refractivity contribution in [2.24, 2.45) is 0 Å². The van der Waals surface area contributed by atoms with Crippen molar-refractivity contribution in [3.05, 3.63) is 68.4 Å². The average molecular weight is 423 g/mol. The number of carbonyl (C=O) groups is 1. The number of nitrogens with one attached hydrogen (secondary N) is 1. The van der Waals surface area contributed by atoms with Crippen LogP contribution in [0.5, 0.6) is 0 Å². The van der Waals surface area contributed by atoms with E-state index in [9.17, 15) is 14.4 Å². The highest BCUT2D eigenvalue weighted by Crippen LogP contribution is 2.38. The van der Waals surface area contributed by atoms with Crippen LogP contribution in [0, 0.1) is 13.8 Å². The maximum atomic E-state index is 12.6. The van der Waals surface area contributed by atoms with Gasteiger partial charge < -0.3 is 5.32 Å². The summed E-state index contributed by atoms with van der Waals surface area (Å²) in [4.78, 5) is 41.4. The van der Waals surface area contributed by atoms with Gasteiger partial charge in [-0.05, 0) is 45.7 Å². The van der Waals surface area contributed by atoms with Crippen molar-refractivity contribution >= 4 is 5.91 Å². The van der Waals surface area contributed by atoms with Gasteiger partial charge in [-0.1, -0.05) is 0 Å². The Morgan fingerprint density at radius 3 is 2.58 bits per heavy atom. The normalized spacial score (nSPS) is 14.4. The predicted molar refractivity (Wildman–Crippen MR) is 113 cm³/mol. The van der Waals surface area contributed by atoms with Crippen molar-refractivity contribution in [2.75, 3.05) is 6.54 Å². The van der Waals surface area contributed by atoms with E-state index in [-0.39, 0.29) is 23.6 Å². The molecule has 3 aromatic heterocycles. The summed E-state index contributed by atoms with van der Waals surface area (Å²) in [5.74, 6) is 0.507. The van der Waals surface area contributed by atoms with Crippen LogP contribution in [0.3, 0.4) is 0 Å². The van der Waals surface area contributed by atoms with E-state index in [1.54, 1.807) is 23.7 Å². The van der Waals surface area contributed by atoms with Crippen molar-refractivity contribution in [1.82, 2.24) is 34.4 Å². The molecule has 0 spiro atoms. The molecule has 1 saturated carbocycles. The predicted octanol–water partition coefficient (Wildman–Crippen LogP) is 0.857. The van der Waals surface area contributed by atoms with Crippen molar-refractivity contribution in [3.63, 3.8) is 0 Å². The quantitative estimate of drug-likeness (QED) is 0.602. The number of hydrogen-bond acceptors (Lipinski definition) is 6. The standard InChI is InChI=1S/C21H25N7O3/c1-13-10-14(2)27(24-13)18-6-7-19(29)28(25-18)15(3)21(31)22-8-9-26-12-23-17(11-20(26)30)16-4-5-16/h6-7,10-12,15-16H,4-5,8-9H2,1-3H3,(H,22,31). The molecule has 0 aliphatic heterocycles. The molecule has 1 unspecified atom stereocenters. The van der Waals surface area contributed by atoms with Gasteiger partial charge in [-0.25, -0.2) is 14.3 Å². The lowest BCUT2D eigenvalue weighted by Crippen LogP contribution is -2.39. The third-order valence-electron chi connectivity index (χ3n) is 5.33. The van der Waals surface area contributed by atoms with E-state index in [1.165, 1.54) is 17.0 Å². The Balaban J connectivity index is 1.42. The molecule has 10 heteroatoms. The molecule has 10 nitrogen and oxygen atoms in total. The molecule has 1 amide bonds. The number of amides is 1. The molecule has 3 aromatic rings. The van der Waals surface area contributed by atoms with Gasteiger partial charge in [0.25, 0.3) is 11.1 Å². The van der Waals surface area contributed by atoms with Gasteiger partial charge in [0.15, 0.2) is 5.82 Å². The highest BCUT2D eigenvalue weighted by atomic mass is 16.2. The Morgan fingerprint density at radius 1 is 1.16 bits per heavy atom. The highest BCUT2D eigenvalue weighted by Gasteiger charge is 2.25. The largest absolute Gasteiger partial charge is 0.352 e. The van der Waals surface area contributed by atoms with Crippen LogP contribution in [0.4, 0.5) is 0 Å². The van der Waals surface area contributed by atoms with Crippen molar-refractivity contribution < 1.29 is 4.79 Å². The maximum absolute atomic E-state index is 12.6. The molecule has 0 aromatic carbocycles. The molecule has 4 rings (SSSR count). The molecule has 0 saturated heterocycles. The molecular formula is C21H25N7O3. The third kappa shape index (κ3) is 4.47. The Bertz CT molecular complexity index is 1240. The van der Waals surface area contributed by atoms with Crippen LogP contribution in [-0.4, -0.2) is 41.6 Å². The Kier molecular flexibility index (Phi) is 5.53. The Hall–Kier alpha value is -3.56. The van der Waals surface area contributed by atoms with Crippen molar-refractivity contribution in [1.29, 1.82) is 0 Å². The zero-order valence-corrected chi connectivity index (χ0v) is 17.8. The van der Waals surface area contributed by atoms with Crippen molar-refractivity contribution in [3.8, 4) is 5.82 Å². The summed E-state index contributed by atoms with van der Waals surface area (Å²) in [6, 6.07) is 5.59. The molecule has 0 radical (unpaired) electrons. The summed E-state index contributed by atoms with van der Waals surface area (Å²) in [5, 5.41) is 11.5. The molecule has 1 aliphatic carbocycles. The van der Waals surface area contributed by atoms with Gasteiger partial charge in [0.1, 0.15) is 6.04 Å². The minimum atomic E-state index is -0.823. The van der Waals surface area contributed by atoms with Crippen LogP contribution < -0.4 is 16.4 Å². The van der Waals surface area contributed by atoms with Gasteiger partial charge in [0, 0.05) is 36.8 Å². The highest BCUT2D eigenvalue weighted by molar-refractivity contribution is 5.79. The van der Waals surface area contributed by atoms with Gasteiger partial charge in [-0.2, -0.15) is 5.10 Å². The first kappa shape index (κ1) is 20.7. The van der Waals surface area contributed by atoms with E-state index < -0.39 is 6.04 Å². The van der Waals surface area contributed by atoms with Gasteiger partial charge in [0.05, 0.1) is 17.7 Å². The number of hydrogen-bond donors (Lipinski definition) is 1. The lowest BCUT2D eigenvalue weighted by molar-refractivity contribution is -0.124. The van der Waals surface area contributed by atoms with Crippen LogP contribution in [0.25, 0.3) is 5.82 Å². The first-order valence-electron chi connectivity index (χ1n) is 10.3. The maximum Gasteiger partial charge on any atom is 0.267 e. The number of rotatable bonds is 7. The monoisotopic (exact) mass is 423 g/mol. The minimum absolute atomic E-state index is 0.130. The summed E-state index contributed by atoms with van der Waals surface area (Å²) in [6.45, 7) is 5.90. The smallest absolute Gasteiger partial charge is 0.267 e. The number of carbonyl (C=O) groups excluding carboxylic acids is 1. The minimum Gasteiger partial charge on any atom is -0.352 e. The summed E-state index contributed by atoms with van der Waals surface area (Å²) in [7, 11) is 0. The lowest BCUT2D eigenvalue weighted by Gasteiger charge is -2.15. The first-order chi connectivity index (χ1) is 14.8. The summed E-state index contributed by atoms with van der Waals surface area (Å²) >= 11 is 0. The SMILES string of the molecule is Cc1cc(C)n(-c2ccc(=O)n(C(C)C(=O)NCCn3cnc(C4CC4)cc3=O)n2)n1. The number of aryl methyl sites for hydroxylation is 2. The fourth-order valence-electron chi connectivity index (χ4n) is 3.44. The topological polar surface area (TPSA) is 117 Å². The van der Waals surface area contributed by atoms with Gasteiger partial charge in [-0.3, -0.25) is 19.0 Å². The van der Waals surface area contributed by atoms with Gasteiger partial charge in [-0.15, -0.1) is 5.10 Å². The van der Waals surface area contributed by atoms with E-state index in [1.807, 2.05) is 19.9 Å². The van der Waals surface area contributed by atoms with E-state index in [0.717, 1.165) is 34.6 Å². The fourth-order valence-corrected chi connectivity index (χ4v) is 3.44. The lowest BCUT2D eigenvalue weighted by atomic mass is 10.3. The van der Waals surface area contributed by atoms with Crippen LogP contribution in [0.15, 0.2) is 40.2 Å². The van der Waals surface area contributed by atoms with Crippen LogP contribution >= 0.6 is 0 Å². The molecule has 31 heavy (non-hydrogen) atoms. The second-order valence-electron chi connectivity index (χ2n) is 7.90. The average Bonchev–Trinajstić information content (AvgIpc) is 3.53.